The Labute approximate surface area is 85.1 Å². The zero-order valence-corrected chi connectivity index (χ0v) is 8.79. The van der Waals surface area contributed by atoms with Crippen LogP contribution in [0.15, 0.2) is 18.2 Å². The normalized spacial score (nSPS) is 19.9. The van der Waals surface area contributed by atoms with E-state index in [1.165, 1.54) is 11.1 Å². The molecular formula is C12H17NO. The van der Waals surface area contributed by atoms with Crippen molar-refractivity contribution in [2.45, 2.75) is 38.8 Å². The van der Waals surface area contributed by atoms with Crippen LogP contribution in [0.1, 0.15) is 37.4 Å². The molecular weight excluding hydrogens is 174 g/mol. The molecule has 2 heteroatoms. The van der Waals surface area contributed by atoms with Crippen LogP contribution < -0.4 is 10.5 Å². The molecule has 14 heavy (non-hydrogen) atoms. The van der Waals surface area contributed by atoms with Gasteiger partial charge in [-0.05, 0) is 49.9 Å². The molecule has 1 aliphatic rings. The fourth-order valence-corrected chi connectivity index (χ4v) is 1.96. The maximum atomic E-state index is 5.99. The van der Waals surface area contributed by atoms with Gasteiger partial charge in [0, 0.05) is 6.04 Å². The number of ether oxygens (including phenoxy) is 1. The van der Waals surface area contributed by atoms with Gasteiger partial charge >= 0.3 is 0 Å². The van der Waals surface area contributed by atoms with E-state index >= 15 is 0 Å². The summed E-state index contributed by atoms with van der Waals surface area (Å²) in [4.78, 5) is 0. The maximum absolute atomic E-state index is 5.99. The fraction of sp³-hybridized carbons (Fsp3) is 0.500. The third-order valence-electron chi connectivity index (χ3n) is 2.61. The van der Waals surface area contributed by atoms with Crippen molar-refractivity contribution in [3.05, 3.63) is 29.3 Å². The molecule has 0 fully saturated rings. The van der Waals surface area contributed by atoms with Gasteiger partial charge in [-0.3, -0.25) is 0 Å². The molecule has 1 aromatic carbocycles. The van der Waals surface area contributed by atoms with Crippen LogP contribution >= 0.6 is 0 Å². The monoisotopic (exact) mass is 191 g/mol. The molecule has 0 radical (unpaired) electrons. The predicted molar refractivity (Wildman–Crippen MR) is 57.5 cm³/mol. The Morgan fingerprint density at radius 2 is 2.21 bits per heavy atom. The van der Waals surface area contributed by atoms with Crippen LogP contribution in [0.5, 0.6) is 5.75 Å². The molecule has 1 atom stereocenters. The van der Waals surface area contributed by atoms with Crippen molar-refractivity contribution in [3.8, 4) is 5.75 Å². The van der Waals surface area contributed by atoms with Gasteiger partial charge in [-0.1, -0.05) is 6.07 Å². The first-order valence-corrected chi connectivity index (χ1v) is 5.22. The van der Waals surface area contributed by atoms with Crippen LogP contribution in [0.25, 0.3) is 0 Å². The highest BCUT2D eigenvalue weighted by molar-refractivity contribution is 5.40. The Balaban J connectivity index is 2.26. The lowest BCUT2D eigenvalue weighted by atomic mass is 10.1. The Bertz CT molecular complexity index is 333. The third-order valence-corrected chi connectivity index (χ3v) is 2.61. The summed E-state index contributed by atoms with van der Waals surface area (Å²) in [6.45, 7) is 4.07. The largest absolute Gasteiger partial charge is 0.491 e. The molecule has 2 N–H and O–H groups in total. The zero-order valence-electron chi connectivity index (χ0n) is 8.79. The highest BCUT2D eigenvalue weighted by atomic mass is 16.5. The Morgan fingerprint density at radius 1 is 1.43 bits per heavy atom. The zero-order chi connectivity index (χ0) is 10.1. The molecule has 0 bridgehead atoms. The van der Waals surface area contributed by atoms with Gasteiger partial charge in [0.15, 0.2) is 0 Å². The van der Waals surface area contributed by atoms with E-state index in [1.54, 1.807) is 0 Å². The van der Waals surface area contributed by atoms with E-state index in [9.17, 15) is 0 Å². The highest BCUT2D eigenvalue weighted by Crippen LogP contribution is 2.32. The third kappa shape index (κ3) is 1.75. The number of fused-ring (bicyclic) bond motifs is 1. The standard InChI is InChI=1S/C12H17NO/c1-8(2)14-10-5-3-9-4-6-12(13)11(9)7-10/h3,5,7-8,12H,4,6,13H2,1-2H3. The van der Waals surface area contributed by atoms with Crippen LogP contribution in [0, 0.1) is 0 Å². The van der Waals surface area contributed by atoms with E-state index in [-0.39, 0.29) is 12.1 Å². The van der Waals surface area contributed by atoms with Crippen molar-refractivity contribution in [2.24, 2.45) is 5.73 Å². The second-order valence-electron chi connectivity index (χ2n) is 4.17. The molecule has 1 aliphatic carbocycles. The van der Waals surface area contributed by atoms with Gasteiger partial charge in [0.25, 0.3) is 0 Å². The minimum Gasteiger partial charge on any atom is -0.491 e. The first-order valence-electron chi connectivity index (χ1n) is 5.22. The number of hydrogen-bond acceptors (Lipinski definition) is 2. The maximum Gasteiger partial charge on any atom is 0.120 e. The number of benzene rings is 1. The molecule has 0 spiro atoms. The van der Waals surface area contributed by atoms with Crippen molar-refractivity contribution in [2.75, 3.05) is 0 Å². The van der Waals surface area contributed by atoms with Gasteiger partial charge in [0.05, 0.1) is 6.10 Å². The molecule has 0 amide bonds. The number of rotatable bonds is 2. The van der Waals surface area contributed by atoms with Crippen molar-refractivity contribution in [3.63, 3.8) is 0 Å². The molecule has 2 nitrogen and oxygen atoms in total. The van der Waals surface area contributed by atoms with Gasteiger partial charge in [-0.15, -0.1) is 0 Å². The molecule has 2 rings (SSSR count). The Hall–Kier alpha value is -1.02. The van der Waals surface area contributed by atoms with Crippen LogP contribution in [0.2, 0.25) is 0 Å². The van der Waals surface area contributed by atoms with Crippen molar-refractivity contribution in [1.82, 2.24) is 0 Å². The van der Waals surface area contributed by atoms with Crippen LogP contribution in [0.3, 0.4) is 0 Å². The van der Waals surface area contributed by atoms with Gasteiger partial charge in [-0.25, -0.2) is 0 Å². The van der Waals surface area contributed by atoms with Crippen molar-refractivity contribution >= 4 is 0 Å². The summed E-state index contributed by atoms with van der Waals surface area (Å²) in [5, 5.41) is 0. The highest BCUT2D eigenvalue weighted by Gasteiger charge is 2.19. The topological polar surface area (TPSA) is 35.2 Å². The van der Waals surface area contributed by atoms with Gasteiger partial charge in [0.2, 0.25) is 0 Å². The first kappa shape index (κ1) is 9.53. The van der Waals surface area contributed by atoms with Crippen LogP contribution in [0.4, 0.5) is 0 Å². The molecule has 1 unspecified atom stereocenters. The second kappa shape index (κ2) is 3.62. The average molecular weight is 191 g/mol. The van der Waals surface area contributed by atoms with Crippen LogP contribution in [-0.2, 0) is 6.42 Å². The van der Waals surface area contributed by atoms with Crippen molar-refractivity contribution < 1.29 is 4.74 Å². The summed E-state index contributed by atoms with van der Waals surface area (Å²) in [5.41, 5.74) is 8.64. The van der Waals surface area contributed by atoms with Gasteiger partial charge < -0.3 is 10.5 Å². The van der Waals surface area contributed by atoms with E-state index < -0.39 is 0 Å². The fourth-order valence-electron chi connectivity index (χ4n) is 1.96. The summed E-state index contributed by atoms with van der Waals surface area (Å²) < 4.78 is 5.63. The predicted octanol–water partition coefficient (Wildman–Crippen LogP) is 2.42. The summed E-state index contributed by atoms with van der Waals surface area (Å²) in [6.07, 6.45) is 2.41. The molecule has 0 heterocycles. The van der Waals surface area contributed by atoms with E-state index in [4.69, 9.17) is 10.5 Å². The first-order chi connectivity index (χ1) is 6.66. The minimum atomic E-state index is 0.209. The van der Waals surface area contributed by atoms with Gasteiger partial charge in [0.1, 0.15) is 5.75 Å². The summed E-state index contributed by atoms with van der Waals surface area (Å²) >= 11 is 0. The van der Waals surface area contributed by atoms with E-state index in [2.05, 4.69) is 12.1 Å². The SMILES string of the molecule is CC(C)Oc1ccc2c(c1)C(N)CC2. The molecule has 0 aromatic heterocycles. The van der Waals surface area contributed by atoms with E-state index in [0.717, 1.165) is 18.6 Å². The number of aryl methyl sites for hydroxylation is 1. The average Bonchev–Trinajstić information content (AvgIpc) is 2.47. The van der Waals surface area contributed by atoms with Gasteiger partial charge in [-0.2, -0.15) is 0 Å². The summed E-state index contributed by atoms with van der Waals surface area (Å²) in [5.74, 6) is 0.941. The van der Waals surface area contributed by atoms with E-state index in [1.807, 2.05) is 19.9 Å². The Kier molecular flexibility index (Phi) is 2.46. The minimum absolute atomic E-state index is 0.209. The summed E-state index contributed by atoms with van der Waals surface area (Å²) in [6, 6.07) is 6.48. The van der Waals surface area contributed by atoms with Crippen molar-refractivity contribution in [1.29, 1.82) is 0 Å². The van der Waals surface area contributed by atoms with Crippen LogP contribution in [-0.4, -0.2) is 6.10 Å². The lowest BCUT2D eigenvalue weighted by Gasteiger charge is -2.12. The molecule has 0 saturated carbocycles. The smallest absolute Gasteiger partial charge is 0.120 e. The molecule has 0 saturated heterocycles. The molecule has 76 valence electrons. The summed E-state index contributed by atoms with van der Waals surface area (Å²) in [7, 11) is 0. The van der Waals surface area contributed by atoms with E-state index in [0.29, 0.717) is 0 Å². The lowest BCUT2D eigenvalue weighted by molar-refractivity contribution is 0.242. The quantitative estimate of drug-likeness (QED) is 0.779. The molecule has 0 aliphatic heterocycles. The number of nitrogens with two attached hydrogens (primary N) is 1. The lowest BCUT2D eigenvalue weighted by Crippen LogP contribution is -2.08. The molecule has 1 aromatic rings. The Morgan fingerprint density at radius 3 is 2.93 bits per heavy atom. The number of hydrogen-bond donors (Lipinski definition) is 1. The second-order valence-corrected chi connectivity index (χ2v) is 4.17.